The third kappa shape index (κ3) is 2.37. The SMILES string of the molecule is O=C(CC1=CCCC1)N1CC[C@H]2OCc3cnnn3[C@@H]2C1. The Kier molecular flexibility index (Phi) is 3.25. The van der Waals surface area contributed by atoms with Gasteiger partial charge in [-0.2, -0.15) is 0 Å². The van der Waals surface area contributed by atoms with E-state index in [1.165, 1.54) is 12.0 Å². The van der Waals surface area contributed by atoms with Gasteiger partial charge in [-0.1, -0.05) is 16.9 Å². The van der Waals surface area contributed by atoms with Crippen molar-refractivity contribution >= 4 is 5.91 Å². The number of piperidine rings is 1. The van der Waals surface area contributed by atoms with E-state index in [1.54, 1.807) is 6.20 Å². The zero-order valence-electron chi connectivity index (χ0n) is 12.1. The van der Waals surface area contributed by atoms with E-state index in [-0.39, 0.29) is 18.1 Å². The number of likely N-dealkylation sites (tertiary alicyclic amines) is 1. The number of fused-ring (bicyclic) bond motifs is 3. The lowest BCUT2D eigenvalue weighted by Crippen LogP contribution is -2.49. The smallest absolute Gasteiger partial charge is 0.226 e. The largest absolute Gasteiger partial charge is 0.370 e. The summed E-state index contributed by atoms with van der Waals surface area (Å²) in [6, 6.07) is 0.117. The summed E-state index contributed by atoms with van der Waals surface area (Å²) in [5.74, 6) is 0.244. The summed E-state index contributed by atoms with van der Waals surface area (Å²) in [4.78, 5) is 14.5. The molecular weight excluding hydrogens is 268 g/mol. The Balaban J connectivity index is 1.47. The fourth-order valence-corrected chi connectivity index (χ4v) is 3.61. The number of allylic oxidation sites excluding steroid dienone is 1. The molecule has 0 saturated carbocycles. The van der Waals surface area contributed by atoms with Crippen LogP contribution in [0, 0.1) is 0 Å². The molecule has 2 atom stereocenters. The van der Waals surface area contributed by atoms with E-state index in [0.29, 0.717) is 19.6 Å². The predicted octanol–water partition coefficient (Wildman–Crippen LogP) is 1.45. The molecule has 0 aromatic carbocycles. The lowest BCUT2D eigenvalue weighted by Gasteiger charge is -2.41. The molecule has 6 heteroatoms. The van der Waals surface area contributed by atoms with Gasteiger partial charge in [0.15, 0.2) is 0 Å². The Hall–Kier alpha value is -1.69. The van der Waals surface area contributed by atoms with Crippen LogP contribution >= 0.6 is 0 Å². The second-order valence-corrected chi connectivity index (χ2v) is 6.15. The van der Waals surface area contributed by atoms with Gasteiger partial charge in [-0.25, -0.2) is 4.68 Å². The summed E-state index contributed by atoms with van der Waals surface area (Å²) in [6.07, 6.45) is 9.02. The maximum Gasteiger partial charge on any atom is 0.226 e. The van der Waals surface area contributed by atoms with Gasteiger partial charge < -0.3 is 9.64 Å². The van der Waals surface area contributed by atoms with Crippen molar-refractivity contribution < 1.29 is 9.53 Å². The number of ether oxygens (including phenoxy) is 1. The molecule has 3 heterocycles. The molecule has 3 aliphatic rings. The second kappa shape index (κ2) is 5.26. The maximum absolute atomic E-state index is 12.5. The lowest BCUT2D eigenvalue weighted by atomic mass is 9.99. The highest BCUT2D eigenvalue weighted by molar-refractivity contribution is 5.79. The Morgan fingerprint density at radius 3 is 3.29 bits per heavy atom. The molecule has 112 valence electrons. The van der Waals surface area contributed by atoms with E-state index in [4.69, 9.17) is 4.74 Å². The zero-order valence-corrected chi connectivity index (χ0v) is 12.1. The molecular formula is C15H20N4O2. The highest BCUT2D eigenvalue weighted by atomic mass is 16.5. The third-order valence-electron chi connectivity index (χ3n) is 4.79. The van der Waals surface area contributed by atoms with Gasteiger partial charge in [0, 0.05) is 19.5 Å². The number of aromatic nitrogens is 3. The van der Waals surface area contributed by atoms with Crippen LogP contribution in [0.3, 0.4) is 0 Å². The molecule has 0 bridgehead atoms. The van der Waals surface area contributed by atoms with Crippen molar-refractivity contribution in [3.05, 3.63) is 23.5 Å². The first-order valence-electron chi connectivity index (χ1n) is 7.77. The molecule has 1 fully saturated rings. The fraction of sp³-hybridized carbons (Fsp3) is 0.667. The minimum Gasteiger partial charge on any atom is -0.370 e. The molecule has 1 amide bonds. The predicted molar refractivity (Wildman–Crippen MR) is 75.4 cm³/mol. The number of hydrogen-bond donors (Lipinski definition) is 0. The van der Waals surface area contributed by atoms with Crippen LogP contribution in [0.2, 0.25) is 0 Å². The Bertz CT molecular complexity index is 580. The topological polar surface area (TPSA) is 60.3 Å². The van der Waals surface area contributed by atoms with Crippen molar-refractivity contribution in [2.24, 2.45) is 0 Å². The van der Waals surface area contributed by atoms with Gasteiger partial charge in [0.2, 0.25) is 5.91 Å². The fourth-order valence-electron chi connectivity index (χ4n) is 3.61. The highest BCUT2D eigenvalue weighted by Gasteiger charge is 2.37. The standard InChI is InChI=1S/C15H20N4O2/c20-15(7-11-3-1-2-4-11)18-6-5-14-13(9-18)19-12(10-21-14)8-16-17-19/h3,8,13-14H,1-2,4-7,9-10H2/t13-,14-/m1/s1. The van der Waals surface area contributed by atoms with Gasteiger partial charge in [0.1, 0.15) is 0 Å². The van der Waals surface area contributed by atoms with E-state index in [1.807, 2.05) is 9.58 Å². The van der Waals surface area contributed by atoms with Crippen LogP contribution in [0.5, 0.6) is 0 Å². The first kappa shape index (κ1) is 13.0. The van der Waals surface area contributed by atoms with Crippen molar-refractivity contribution in [3.8, 4) is 0 Å². The van der Waals surface area contributed by atoms with Crippen LogP contribution in [-0.4, -0.2) is 45.0 Å². The maximum atomic E-state index is 12.5. The Labute approximate surface area is 123 Å². The van der Waals surface area contributed by atoms with E-state index < -0.39 is 0 Å². The number of carbonyl (C=O) groups is 1. The number of carbonyl (C=O) groups excluding carboxylic acids is 1. The summed E-state index contributed by atoms with van der Waals surface area (Å²) in [7, 11) is 0. The first-order valence-corrected chi connectivity index (χ1v) is 7.77. The van der Waals surface area contributed by atoms with E-state index >= 15 is 0 Å². The number of rotatable bonds is 2. The van der Waals surface area contributed by atoms with Gasteiger partial charge in [0.05, 0.1) is 30.6 Å². The van der Waals surface area contributed by atoms with Crippen LogP contribution in [0.4, 0.5) is 0 Å². The molecule has 2 aliphatic heterocycles. The highest BCUT2D eigenvalue weighted by Crippen LogP contribution is 2.31. The average Bonchev–Trinajstić information content (AvgIpc) is 3.17. The van der Waals surface area contributed by atoms with Crippen LogP contribution in [0.1, 0.15) is 43.8 Å². The molecule has 1 aromatic rings. The van der Waals surface area contributed by atoms with E-state index in [0.717, 1.165) is 31.5 Å². The average molecular weight is 288 g/mol. The first-order chi connectivity index (χ1) is 10.3. The Morgan fingerprint density at radius 1 is 1.48 bits per heavy atom. The minimum atomic E-state index is 0.117. The van der Waals surface area contributed by atoms with Crippen LogP contribution in [-0.2, 0) is 16.1 Å². The molecule has 21 heavy (non-hydrogen) atoms. The monoisotopic (exact) mass is 288 g/mol. The van der Waals surface area contributed by atoms with Gasteiger partial charge in [-0.05, 0) is 25.7 Å². The summed E-state index contributed by atoms with van der Waals surface area (Å²) >= 11 is 0. The quantitative estimate of drug-likeness (QED) is 0.773. The lowest BCUT2D eigenvalue weighted by molar-refractivity contribution is -0.137. The van der Waals surface area contributed by atoms with Crippen LogP contribution < -0.4 is 0 Å². The minimum absolute atomic E-state index is 0.117. The molecule has 4 rings (SSSR count). The second-order valence-electron chi connectivity index (χ2n) is 6.15. The Morgan fingerprint density at radius 2 is 2.43 bits per heavy atom. The molecule has 0 unspecified atom stereocenters. The van der Waals surface area contributed by atoms with Gasteiger partial charge in [-0.15, -0.1) is 5.10 Å². The summed E-state index contributed by atoms with van der Waals surface area (Å²) in [5.41, 5.74) is 2.31. The molecule has 1 aliphatic carbocycles. The number of nitrogens with zero attached hydrogens (tertiary/aromatic N) is 4. The van der Waals surface area contributed by atoms with Crippen molar-refractivity contribution in [2.45, 2.75) is 50.9 Å². The molecule has 0 N–H and O–H groups in total. The number of hydrogen-bond acceptors (Lipinski definition) is 4. The summed E-state index contributed by atoms with van der Waals surface area (Å²) in [6.45, 7) is 2.06. The van der Waals surface area contributed by atoms with Gasteiger partial charge in [-0.3, -0.25) is 4.79 Å². The summed E-state index contributed by atoms with van der Waals surface area (Å²) < 4.78 is 7.82. The number of amides is 1. The van der Waals surface area contributed by atoms with Gasteiger partial charge >= 0.3 is 0 Å². The van der Waals surface area contributed by atoms with E-state index in [2.05, 4.69) is 16.4 Å². The normalized spacial score (nSPS) is 28.0. The van der Waals surface area contributed by atoms with Gasteiger partial charge in [0.25, 0.3) is 0 Å². The van der Waals surface area contributed by atoms with Crippen LogP contribution in [0.25, 0.3) is 0 Å². The molecule has 0 spiro atoms. The zero-order chi connectivity index (χ0) is 14.2. The molecule has 0 radical (unpaired) electrons. The molecule has 6 nitrogen and oxygen atoms in total. The van der Waals surface area contributed by atoms with Crippen molar-refractivity contribution in [2.75, 3.05) is 13.1 Å². The third-order valence-corrected chi connectivity index (χ3v) is 4.79. The van der Waals surface area contributed by atoms with E-state index in [9.17, 15) is 4.79 Å². The van der Waals surface area contributed by atoms with Crippen LogP contribution in [0.15, 0.2) is 17.8 Å². The van der Waals surface area contributed by atoms with Crippen molar-refractivity contribution in [3.63, 3.8) is 0 Å². The molecule has 1 saturated heterocycles. The summed E-state index contributed by atoms with van der Waals surface area (Å²) in [5, 5.41) is 8.14. The van der Waals surface area contributed by atoms with Crippen molar-refractivity contribution in [1.82, 2.24) is 19.9 Å². The molecule has 1 aromatic heterocycles. The van der Waals surface area contributed by atoms with Crippen molar-refractivity contribution in [1.29, 1.82) is 0 Å².